The first-order chi connectivity index (χ1) is 10.1. The molecule has 1 rings (SSSR count). The summed E-state index contributed by atoms with van der Waals surface area (Å²) in [5, 5.41) is 3.04. The Morgan fingerprint density at radius 3 is 2.68 bits per heavy atom. The van der Waals surface area contributed by atoms with Crippen LogP contribution in [0, 0.1) is 0 Å². The summed E-state index contributed by atoms with van der Waals surface area (Å²) in [5.41, 5.74) is 7.00. The molecule has 0 saturated carbocycles. The summed E-state index contributed by atoms with van der Waals surface area (Å²) in [4.78, 5) is 15.9. The number of methoxy groups -OCH3 is 2. The molecule has 0 aliphatic carbocycles. The topological polar surface area (TPSA) is 85.9 Å². The predicted octanol–water partition coefficient (Wildman–Crippen LogP) is 2.30. The van der Waals surface area contributed by atoms with Crippen LogP contribution < -0.4 is 15.8 Å². The van der Waals surface area contributed by atoms with E-state index < -0.39 is 5.97 Å². The van der Waals surface area contributed by atoms with Gasteiger partial charge in [0.2, 0.25) is 0 Å². The van der Waals surface area contributed by atoms with Gasteiger partial charge in [-0.15, -0.1) is 24.0 Å². The third-order valence-electron chi connectivity index (χ3n) is 2.94. The fourth-order valence-electron chi connectivity index (χ4n) is 1.75. The van der Waals surface area contributed by atoms with Gasteiger partial charge in [-0.25, -0.2) is 9.79 Å². The summed E-state index contributed by atoms with van der Waals surface area (Å²) in [6.45, 7) is 3.31. The highest BCUT2D eigenvalue weighted by molar-refractivity contribution is 14.0. The Morgan fingerprint density at radius 2 is 2.09 bits per heavy atom. The Hall–Kier alpha value is -1.51. The number of nitrogens with two attached hydrogens (primary N) is 1. The van der Waals surface area contributed by atoms with Crippen LogP contribution in [0.3, 0.4) is 0 Å². The quantitative estimate of drug-likeness (QED) is 0.232. The monoisotopic (exact) mass is 421 g/mol. The summed E-state index contributed by atoms with van der Waals surface area (Å²) in [5.74, 6) is 0.439. The Kier molecular flexibility index (Phi) is 10.3. The molecule has 0 bridgehead atoms. The number of aliphatic imine (C=N–C) groups is 1. The molecule has 0 radical (unpaired) electrons. The van der Waals surface area contributed by atoms with Crippen molar-refractivity contribution >= 4 is 35.9 Å². The van der Waals surface area contributed by atoms with Crippen molar-refractivity contribution in [1.29, 1.82) is 0 Å². The Morgan fingerprint density at radius 1 is 1.36 bits per heavy atom. The van der Waals surface area contributed by atoms with E-state index in [4.69, 9.17) is 15.2 Å². The van der Waals surface area contributed by atoms with Crippen LogP contribution in [0.15, 0.2) is 23.2 Å². The van der Waals surface area contributed by atoms with Gasteiger partial charge in [-0.05, 0) is 24.1 Å². The number of halogens is 1. The number of hydrogen-bond donors (Lipinski definition) is 2. The highest BCUT2D eigenvalue weighted by atomic mass is 127. The van der Waals surface area contributed by atoms with Crippen LogP contribution >= 0.6 is 24.0 Å². The molecule has 7 heteroatoms. The minimum atomic E-state index is -0.438. The van der Waals surface area contributed by atoms with Gasteiger partial charge in [-0.2, -0.15) is 0 Å². The normalized spacial score (nSPS) is 10.6. The van der Waals surface area contributed by atoms with Crippen LogP contribution in [0.2, 0.25) is 0 Å². The molecule has 0 heterocycles. The number of carbonyl (C=O) groups is 1. The summed E-state index contributed by atoms with van der Waals surface area (Å²) in [6.07, 6.45) is 2.15. The number of hydrogen-bond acceptors (Lipinski definition) is 4. The molecule has 0 amide bonds. The average molecular weight is 421 g/mol. The molecule has 22 heavy (non-hydrogen) atoms. The highest BCUT2D eigenvalue weighted by Gasteiger charge is 2.13. The van der Waals surface area contributed by atoms with Gasteiger partial charge in [0.1, 0.15) is 11.3 Å². The van der Waals surface area contributed by atoms with E-state index >= 15 is 0 Å². The highest BCUT2D eigenvalue weighted by Crippen LogP contribution is 2.21. The molecule has 1 aromatic carbocycles. The number of guanidine groups is 1. The lowest BCUT2D eigenvalue weighted by atomic mass is 10.1. The predicted molar refractivity (Wildman–Crippen MR) is 98.0 cm³/mol. The average Bonchev–Trinajstić information content (AvgIpc) is 2.52. The molecule has 6 nitrogen and oxygen atoms in total. The van der Waals surface area contributed by atoms with Crippen molar-refractivity contribution < 1.29 is 14.3 Å². The molecule has 0 fully saturated rings. The van der Waals surface area contributed by atoms with Crippen molar-refractivity contribution in [2.75, 3.05) is 20.8 Å². The van der Waals surface area contributed by atoms with Crippen LogP contribution in [0.25, 0.3) is 0 Å². The zero-order valence-corrected chi connectivity index (χ0v) is 15.5. The number of benzene rings is 1. The number of nitrogens with one attached hydrogen (secondary N) is 1. The van der Waals surface area contributed by atoms with Crippen molar-refractivity contribution in [2.24, 2.45) is 10.7 Å². The second-order valence-electron chi connectivity index (χ2n) is 4.51. The second kappa shape index (κ2) is 11.1. The first kappa shape index (κ1) is 20.5. The van der Waals surface area contributed by atoms with E-state index in [-0.39, 0.29) is 24.0 Å². The van der Waals surface area contributed by atoms with Gasteiger partial charge in [-0.3, -0.25) is 0 Å². The standard InChI is InChI=1S/C15H23N3O3.HI/c1-4-5-8-17-15(16)18-10-11-6-7-13(20-2)12(9-11)14(19)21-3;/h6-7,9H,4-5,8,10H2,1-3H3,(H3,16,17,18);1H. The van der Waals surface area contributed by atoms with Crippen LogP contribution in [0.4, 0.5) is 0 Å². The minimum Gasteiger partial charge on any atom is -0.496 e. The maximum Gasteiger partial charge on any atom is 0.341 e. The zero-order valence-electron chi connectivity index (χ0n) is 13.2. The third-order valence-corrected chi connectivity index (χ3v) is 2.94. The lowest BCUT2D eigenvalue weighted by Crippen LogP contribution is -2.32. The van der Waals surface area contributed by atoms with Crippen LogP contribution in [0.1, 0.15) is 35.7 Å². The van der Waals surface area contributed by atoms with Crippen LogP contribution in [-0.2, 0) is 11.3 Å². The third kappa shape index (κ3) is 6.50. The lowest BCUT2D eigenvalue weighted by Gasteiger charge is -2.09. The van der Waals surface area contributed by atoms with Gasteiger partial charge in [0.15, 0.2) is 5.96 Å². The first-order valence-corrected chi connectivity index (χ1v) is 6.91. The van der Waals surface area contributed by atoms with E-state index in [0.717, 1.165) is 24.9 Å². The number of ether oxygens (including phenoxy) is 2. The summed E-state index contributed by atoms with van der Waals surface area (Å²) < 4.78 is 9.87. The minimum absolute atomic E-state index is 0. The fraction of sp³-hybridized carbons (Fsp3) is 0.467. The van der Waals surface area contributed by atoms with Gasteiger partial charge >= 0.3 is 5.97 Å². The van der Waals surface area contributed by atoms with Crippen molar-refractivity contribution in [3.05, 3.63) is 29.3 Å². The van der Waals surface area contributed by atoms with E-state index in [9.17, 15) is 4.79 Å². The van der Waals surface area contributed by atoms with Gasteiger partial charge in [0.25, 0.3) is 0 Å². The number of nitrogens with zero attached hydrogens (tertiary/aromatic N) is 1. The van der Waals surface area contributed by atoms with Crippen molar-refractivity contribution in [2.45, 2.75) is 26.3 Å². The van der Waals surface area contributed by atoms with E-state index in [1.54, 1.807) is 12.1 Å². The van der Waals surface area contributed by atoms with Gasteiger partial charge in [0.05, 0.1) is 20.8 Å². The molecular formula is C15H24IN3O3. The number of unbranched alkanes of at least 4 members (excludes halogenated alkanes) is 1. The lowest BCUT2D eigenvalue weighted by molar-refractivity contribution is 0.0597. The first-order valence-electron chi connectivity index (χ1n) is 6.91. The molecule has 0 saturated heterocycles. The molecule has 0 atom stereocenters. The van der Waals surface area contributed by atoms with E-state index in [0.29, 0.717) is 23.8 Å². The van der Waals surface area contributed by atoms with E-state index in [2.05, 4.69) is 17.2 Å². The molecule has 0 aromatic heterocycles. The van der Waals surface area contributed by atoms with Gasteiger partial charge in [0, 0.05) is 6.54 Å². The second-order valence-corrected chi connectivity index (χ2v) is 4.51. The molecule has 0 unspecified atom stereocenters. The number of rotatable bonds is 7. The van der Waals surface area contributed by atoms with Gasteiger partial charge < -0.3 is 20.5 Å². The zero-order chi connectivity index (χ0) is 15.7. The molecule has 0 aliphatic rings. The van der Waals surface area contributed by atoms with Gasteiger partial charge in [-0.1, -0.05) is 19.4 Å². The van der Waals surface area contributed by atoms with Crippen molar-refractivity contribution in [3.63, 3.8) is 0 Å². The molecule has 1 aromatic rings. The van der Waals surface area contributed by atoms with Crippen LogP contribution in [0.5, 0.6) is 5.75 Å². The fourth-order valence-corrected chi connectivity index (χ4v) is 1.75. The molecule has 0 aliphatic heterocycles. The maximum absolute atomic E-state index is 11.7. The largest absolute Gasteiger partial charge is 0.496 e. The molecule has 124 valence electrons. The Balaban J connectivity index is 0.00000441. The summed E-state index contributed by atoms with van der Waals surface area (Å²) in [7, 11) is 2.84. The van der Waals surface area contributed by atoms with Crippen LogP contribution in [-0.4, -0.2) is 32.7 Å². The Labute approximate surface area is 148 Å². The summed E-state index contributed by atoms with van der Waals surface area (Å²) in [6, 6.07) is 5.26. The Bertz CT molecular complexity index is 507. The number of carbonyl (C=O) groups excluding carboxylic acids is 1. The molecule has 3 N–H and O–H groups in total. The SMILES string of the molecule is CCCCNC(N)=NCc1ccc(OC)c(C(=O)OC)c1.I. The molecular weight excluding hydrogens is 397 g/mol. The van der Waals surface area contributed by atoms with E-state index in [1.807, 2.05) is 6.07 Å². The van der Waals surface area contributed by atoms with Crippen molar-refractivity contribution in [3.8, 4) is 5.75 Å². The molecule has 0 spiro atoms. The smallest absolute Gasteiger partial charge is 0.341 e. The summed E-state index contributed by atoms with van der Waals surface area (Å²) >= 11 is 0. The van der Waals surface area contributed by atoms with E-state index in [1.165, 1.54) is 14.2 Å². The number of esters is 1. The van der Waals surface area contributed by atoms with Crippen molar-refractivity contribution in [1.82, 2.24) is 5.32 Å². The maximum atomic E-state index is 11.7.